The average Bonchev–Trinajstić information content (AvgIpc) is 3.30. The zero-order valence-corrected chi connectivity index (χ0v) is 19.9. The molecule has 11 heteroatoms. The number of methoxy groups -OCH3 is 1. The number of aromatic amines is 1. The summed E-state index contributed by atoms with van der Waals surface area (Å²) in [5, 5.41) is 10.8. The highest BCUT2D eigenvalue weighted by Crippen LogP contribution is 2.49. The molecule has 0 saturated carbocycles. The van der Waals surface area contributed by atoms with Gasteiger partial charge in [0.1, 0.15) is 11.4 Å². The summed E-state index contributed by atoms with van der Waals surface area (Å²) in [4.78, 5) is 21.7. The van der Waals surface area contributed by atoms with Crippen molar-refractivity contribution in [2.75, 3.05) is 34.0 Å². The molecule has 35 heavy (non-hydrogen) atoms. The van der Waals surface area contributed by atoms with Crippen molar-refractivity contribution in [1.82, 2.24) is 14.5 Å². The van der Waals surface area contributed by atoms with E-state index >= 15 is 0 Å². The van der Waals surface area contributed by atoms with Crippen molar-refractivity contribution in [1.29, 1.82) is 0 Å². The Labute approximate surface area is 205 Å². The second-order valence-corrected chi connectivity index (χ2v) is 8.63. The predicted octanol–water partition coefficient (Wildman–Crippen LogP) is 3.13. The molecule has 1 atom stereocenters. The molecule has 1 aromatic heterocycles. The first-order valence-corrected chi connectivity index (χ1v) is 11.3. The fraction of sp³-hybridized carbons (Fsp3) is 0.292. The molecule has 0 fully saturated rings. The van der Waals surface area contributed by atoms with Crippen molar-refractivity contribution < 1.29 is 23.7 Å². The quantitative estimate of drug-likeness (QED) is 0.412. The van der Waals surface area contributed by atoms with Crippen LogP contribution in [0.1, 0.15) is 22.7 Å². The van der Waals surface area contributed by atoms with E-state index in [1.807, 2.05) is 13.1 Å². The minimum Gasteiger partial charge on any atom is -0.494 e. The van der Waals surface area contributed by atoms with Crippen LogP contribution in [0.4, 0.5) is 4.39 Å². The van der Waals surface area contributed by atoms with Crippen LogP contribution in [0.3, 0.4) is 0 Å². The number of hydrogen-bond acceptors (Lipinski definition) is 8. The summed E-state index contributed by atoms with van der Waals surface area (Å²) in [5.41, 5.74) is 1.30. The maximum Gasteiger partial charge on any atom is 0.264 e. The van der Waals surface area contributed by atoms with Crippen molar-refractivity contribution in [2.24, 2.45) is 4.99 Å². The van der Waals surface area contributed by atoms with E-state index in [2.05, 4.69) is 14.9 Å². The van der Waals surface area contributed by atoms with E-state index in [-0.39, 0.29) is 35.4 Å². The van der Waals surface area contributed by atoms with Crippen molar-refractivity contribution in [3.8, 4) is 28.8 Å². The van der Waals surface area contributed by atoms with E-state index in [0.29, 0.717) is 17.2 Å². The number of para-hydroxylation sites is 1. The number of aliphatic imine (C=N–C) groups is 1. The molecule has 2 aromatic carbocycles. The molecule has 182 valence electrons. The maximum absolute atomic E-state index is 14.4. The summed E-state index contributed by atoms with van der Waals surface area (Å²) in [5.74, 6) is 0.739. The topological polar surface area (TPSA) is 101 Å². The molecule has 0 aliphatic carbocycles. The largest absolute Gasteiger partial charge is 0.494 e. The van der Waals surface area contributed by atoms with Crippen LogP contribution in [0.5, 0.6) is 23.1 Å². The van der Waals surface area contributed by atoms with Gasteiger partial charge in [-0.05, 0) is 49.4 Å². The van der Waals surface area contributed by atoms with Gasteiger partial charge < -0.3 is 19.3 Å². The number of fused-ring (bicyclic) bond motifs is 2. The van der Waals surface area contributed by atoms with E-state index in [0.717, 1.165) is 28.7 Å². The lowest BCUT2D eigenvalue weighted by Gasteiger charge is -2.35. The average molecular weight is 499 g/mol. The first-order chi connectivity index (χ1) is 16.9. The molecular formula is C24H23FN4O5S. The van der Waals surface area contributed by atoms with E-state index in [1.165, 1.54) is 24.4 Å². The number of nitrogens with zero attached hydrogens (tertiary/aromatic N) is 3. The first kappa shape index (κ1) is 23.1. The number of likely N-dealkylation sites (N-methyl/N-ethyl adjacent to an activating group) is 1. The van der Waals surface area contributed by atoms with Crippen LogP contribution < -0.4 is 19.8 Å². The molecular weight excluding hydrogens is 475 g/mol. The monoisotopic (exact) mass is 498 g/mol. The third-order valence-corrected chi connectivity index (χ3v) is 6.54. The Hall–Kier alpha value is -3.70. The SMILES string of the molecule is COc1c2c(cc3c1C(CN=Cc1c(O)n(-c4ccccc4F)c(=S)[nH]c1=O)N(C)CC3)OCO2. The third kappa shape index (κ3) is 3.96. The molecule has 0 radical (unpaired) electrons. The number of ether oxygens (including phenoxy) is 3. The second-order valence-electron chi connectivity index (χ2n) is 8.24. The van der Waals surface area contributed by atoms with Crippen LogP contribution in [0.15, 0.2) is 40.1 Å². The van der Waals surface area contributed by atoms with Crippen LogP contribution in [0.2, 0.25) is 0 Å². The maximum atomic E-state index is 14.4. The van der Waals surface area contributed by atoms with Crippen LogP contribution in [-0.2, 0) is 6.42 Å². The highest BCUT2D eigenvalue weighted by molar-refractivity contribution is 7.71. The lowest BCUT2D eigenvalue weighted by Crippen LogP contribution is -2.34. The summed E-state index contributed by atoms with van der Waals surface area (Å²) in [6.07, 6.45) is 2.09. The zero-order chi connectivity index (χ0) is 24.7. The number of aromatic hydroxyl groups is 1. The number of benzene rings is 2. The molecule has 2 aliphatic heterocycles. The molecule has 0 amide bonds. The van der Waals surface area contributed by atoms with Crippen molar-refractivity contribution >= 4 is 18.4 Å². The van der Waals surface area contributed by atoms with Crippen LogP contribution in [-0.4, -0.2) is 59.8 Å². The normalized spacial score (nSPS) is 17.1. The molecule has 0 spiro atoms. The second kappa shape index (κ2) is 9.16. The third-order valence-electron chi connectivity index (χ3n) is 6.26. The molecule has 5 rings (SSSR count). The van der Waals surface area contributed by atoms with Gasteiger partial charge in [-0.3, -0.25) is 24.2 Å². The molecule has 3 aromatic rings. The van der Waals surface area contributed by atoms with Gasteiger partial charge in [0.2, 0.25) is 18.4 Å². The minimum atomic E-state index is -0.623. The highest BCUT2D eigenvalue weighted by Gasteiger charge is 2.33. The number of hydrogen-bond donors (Lipinski definition) is 2. The molecule has 9 nitrogen and oxygen atoms in total. The number of halogens is 1. The zero-order valence-electron chi connectivity index (χ0n) is 19.1. The van der Waals surface area contributed by atoms with Gasteiger partial charge in [-0.15, -0.1) is 0 Å². The molecule has 3 heterocycles. The van der Waals surface area contributed by atoms with Gasteiger partial charge >= 0.3 is 0 Å². The van der Waals surface area contributed by atoms with Crippen LogP contribution in [0.25, 0.3) is 5.69 Å². The number of aromatic nitrogens is 2. The predicted molar refractivity (Wildman–Crippen MR) is 129 cm³/mol. The first-order valence-electron chi connectivity index (χ1n) is 10.9. The Morgan fingerprint density at radius 3 is 2.94 bits per heavy atom. The van der Waals surface area contributed by atoms with E-state index in [9.17, 15) is 14.3 Å². The Balaban J connectivity index is 1.52. The van der Waals surface area contributed by atoms with Crippen molar-refractivity contribution in [3.05, 3.63) is 68.0 Å². The van der Waals surface area contributed by atoms with Gasteiger partial charge in [-0.1, -0.05) is 12.1 Å². The van der Waals surface area contributed by atoms with Crippen LogP contribution in [0, 0.1) is 10.6 Å². The standard InChI is InChI=1S/C24H23FN4O5S/c1-28-8-7-13-9-18-20(34-12-33-18)21(32-2)19(13)17(28)11-26-10-14-22(30)27-24(35)29(23(14)31)16-6-4-3-5-15(16)25/h3-6,9-10,17,31H,7-8,11-12H2,1-2H3,(H,27,30,35). The minimum absolute atomic E-state index is 0.0163. The summed E-state index contributed by atoms with van der Waals surface area (Å²) < 4.78 is 32.2. The van der Waals surface area contributed by atoms with E-state index in [1.54, 1.807) is 13.2 Å². The fourth-order valence-corrected chi connectivity index (χ4v) is 4.79. The molecule has 2 N–H and O–H groups in total. The van der Waals surface area contributed by atoms with Crippen LogP contribution >= 0.6 is 12.2 Å². The smallest absolute Gasteiger partial charge is 0.264 e. The summed E-state index contributed by atoms with van der Waals surface area (Å²) in [7, 11) is 3.57. The Morgan fingerprint density at radius 2 is 2.17 bits per heavy atom. The van der Waals surface area contributed by atoms with Gasteiger partial charge in [-0.25, -0.2) is 4.39 Å². The number of nitrogens with one attached hydrogen (secondary N) is 1. The Bertz CT molecular complexity index is 1450. The lowest BCUT2D eigenvalue weighted by atomic mass is 9.91. The molecule has 1 unspecified atom stereocenters. The van der Waals surface area contributed by atoms with Gasteiger partial charge in [0.05, 0.1) is 25.4 Å². The van der Waals surface area contributed by atoms with E-state index in [4.69, 9.17) is 26.4 Å². The lowest BCUT2D eigenvalue weighted by molar-refractivity contribution is 0.170. The van der Waals surface area contributed by atoms with Gasteiger partial charge in [0, 0.05) is 18.3 Å². The summed E-state index contributed by atoms with van der Waals surface area (Å²) >= 11 is 5.16. The van der Waals surface area contributed by atoms with Crippen molar-refractivity contribution in [2.45, 2.75) is 12.5 Å². The van der Waals surface area contributed by atoms with Gasteiger partial charge in [-0.2, -0.15) is 0 Å². The summed E-state index contributed by atoms with van der Waals surface area (Å²) in [6.45, 7) is 1.20. The van der Waals surface area contributed by atoms with Crippen molar-refractivity contribution in [3.63, 3.8) is 0 Å². The molecule has 0 saturated heterocycles. The molecule has 0 bridgehead atoms. The van der Waals surface area contributed by atoms with Gasteiger partial charge in [0.25, 0.3) is 5.56 Å². The van der Waals surface area contributed by atoms with E-state index < -0.39 is 17.3 Å². The molecule has 2 aliphatic rings. The van der Waals surface area contributed by atoms with Gasteiger partial charge in [0.15, 0.2) is 16.3 Å². The summed E-state index contributed by atoms with van der Waals surface area (Å²) in [6, 6.07) is 7.62. The fourth-order valence-electron chi connectivity index (χ4n) is 4.51. The highest BCUT2D eigenvalue weighted by atomic mass is 32.1. The number of H-pyrrole nitrogens is 1. The number of rotatable bonds is 5. The Kier molecular flexibility index (Phi) is 6.03. The Morgan fingerprint density at radius 1 is 1.37 bits per heavy atom.